The van der Waals surface area contributed by atoms with Gasteiger partial charge in [0.2, 0.25) is 5.91 Å². The second-order valence-electron chi connectivity index (χ2n) is 5.63. The molecule has 0 saturated heterocycles. The SMILES string of the molecule is C=CC(=O)Nc1ccc(Cn2cnc3c(-c4cccs4)ncnc32)cc1. The van der Waals surface area contributed by atoms with Gasteiger partial charge in [-0.1, -0.05) is 24.8 Å². The topological polar surface area (TPSA) is 72.7 Å². The number of hydrogen-bond acceptors (Lipinski definition) is 5. The number of benzene rings is 1. The zero-order chi connectivity index (χ0) is 17.9. The van der Waals surface area contributed by atoms with E-state index in [2.05, 4.69) is 26.8 Å². The van der Waals surface area contributed by atoms with E-state index in [-0.39, 0.29) is 5.91 Å². The number of anilines is 1. The first-order chi connectivity index (χ1) is 12.7. The van der Waals surface area contributed by atoms with Gasteiger partial charge in [0.15, 0.2) is 5.65 Å². The van der Waals surface area contributed by atoms with E-state index in [0.717, 1.165) is 33.0 Å². The number of amides is 1. The molecule has 1 N–H and O–H groups in total. The predicted molar refractivity (Wildman–Crippen MR) is 103 cm³/mol. The Morgan fingerprint density at radius 3 is 2.77 bits per heavy atom. The van der Waals surface area contributed by atoms with Crippen LogP contribution in [0.15, 0.2) is 67.1 Å². The third kappa shape index (κ3) is 3.12. The van der Waals surface area contributed by atoms with Gasteiger partial charge in [-0.15, -0.1) is 11.3 Å². The van der Waals surface area contributed by atoms with Gasteiger partial charge in [0.1, 0.15) is 17.5 Å². The third-order valence-electron chi connectivity index (χ3n) is 3.92. The standard InChI is InChI=1S/C19H15N5OS/c1-2-16(25)23-14-7-5-13(6-8-14)10-24-12-22-18-17(15-4-3-9-26-15)20-11-21-19(18)24/h2-9,11-12H,1,10H2,(H,23,25). The van der Waals surface area contributed by atoms with Gasteiger partial charge >= 0.3 is 0 Å². The zero-order valence-electron chi connectivity index (χ0n) is 13.8. The first kappa shape index (κ1) is 16.2. The lowest BCUT2D eigenvalue weighted by Crippen LogP contribution is -2.07. The van der Waals surface area contributed by atoms with Crippen molar-refractivity contribution in [2.24, 2.45) is 0 Å². The fourth-order valence-electron chi connectivity index (χ4n) is 2.67. The molecule has 0 atom stereocenters. The van der Waals surface area contributed by atoms with Crippen LogP contribution in [-0.4, -0.2) is 25.4 Å². The van der Waals surface area contributed by atoms with Crippen LogP contribution >= 0.6 is 11.3 Å². The van der Waals surface area contributed by atoms with Gasteiger partial charge in [-0.2, -0.15) is 0 Å². The molecule has 1 aromatic carbocycles. The molecule has 0 spiro atoms. The van der Waals surface area contributed by atoms with E-state index in [9.17, 15) is 4.79 Å². The molecule has 0 unspecified atom stereocenters. The quantitative estimate of drug-likeness (QED) is 0.550. The highest BCUT2D eigenvalue weighted by Gasteiger charge is 2.12. The molecule has 0 saturated carbocycles. The second-order valence-corrected chi connectivity index (χ2v) is 6.58. The Kier molecular flexibility index (Phi) is 4.28. The molecule has 6 nitrogen and oxygen atoms in total. The number of fused-ring (bicyclic) bond motifs is 1. The zero-order valence-corrected chi connectivity index (χ0v) is 14.6. The fraction of sp³-hybridized carbons (Fsp3) is 0.0526. The van der Waals surface area contributed by atoms with E-state index in [1.807, 2.05) is 46.3 Å². The molecule has 0 aliphatic carbocycles. The summed E-state index contributed by atoms with van der Waals surface area (Å²) in [4.78, 5) is 25.7. The first-order valence-corrected chi connectivity index (χ1v) is 8.84. The van der Waals surface area contributed by atoms with Crippen LogP contribution in [0.3, 0.4) is 0 Å². The lowest BCUT2D eigenvalue weighted by Gasteiger charge is -2.06. The average Bonchev–Trinajstić information content (AvgIpc) is 3.33. The molecule has 4 rings (SSSR count). The van der Waals surface area contributed by atoms with Gasteiger partial charge in [0, 0.05) is 5.69 Å². The second kappa shape index (κ2) is 6.89. The minimum absolute atomic E-state index is 0.226. The van der Waals surface area contributed by atoms with E-state index in [1.54, 1.807) is 24.0 Å². The summed E-state index contributed by atoms with van der Waals surface area (Å²) in [5.41, 5.74) is 4.26. The van der Waals surface area contributed by atoms with Crippen LogP contribution in [-0.2, 0) is 11.3 Å². The summed E-state index contributed by atoms with van der Waals surface area (Å²) in [7, 11) is 0. The number of thiophene rings is 1. The highest BCUT2D eigenvalue weighted by Crippen LogP contribution is 2.28. The monoisotopic (exact) mass is 361 g/mol. The minimum Gasteiger partial charge on any atom is -0.323 e. The Hall–Kier alpha value is -3.32. The molecule has 0 bridgehead atoms. The number of carbonyl (C=O) groups excluding carboxylic acids is 1. The van der Waals surface area contributed by atoms with Crippen LogP contribution < -0.4 is 5.32 Å². The van der Waals surface area contributed by atoms with Crippen molar-refractivity contribution in [3.05, 3.63) is 72.7 Å². The molecule has 0 aliphatic heterocycles. The molecular formula is C19H15N5OS. The summed E-state index contributed by atoms with van der Waals surface area (Å²) in [6.45, 7) is 4.08. The van der Waals surface area contributed by atoms with Crippen LogP contribution in [0, 0.1) is 0 Å². The van der Waals surface area contributed by atoms with Crippen molar-refractivity contribution >= 4 is 34.1 Å². The number of imidazole rings is 1. The average molecular weight is 361 g/mol. The highest BCUT2D eigenvalue weighted by atomic mass is 32.1. The van der Waals surface area contributed by atoms with Crippen LogP contribution in [0.2, 0.25) is 0 Å². The van der Waals surface area contributed by atoms with Gasteiger partial charge in [-0.25, -0.2) is 15.0 Å². The summed E-state index contributed by atoms with van der Waals surface area (Å²) < 4.78 is 1.99. The van der Waals surface area contributed by atoms with Gasteiger partial charge in [-0.3, -0.25) is 4.79 Å². The Balaban J connectivity index is 1.61. The minimum atomic E-state index is -0.226. The van der Waals surface area contributed by atoms with Crippen molar-refractivity contribution in [3.8, 4) is 10.6 Å². The van der Waals surface area contributed by atoms with Gasteiger partial charge in [0.25, 0.3) is 0 Å². The molecular weight excluding hydrogens is 346 g/mol. The molecule has 7 heteroatoms. The molecule has 0 aliphatic rings. The van der Waals surface area contributed by atoms with Crippen molar-refractivity contribution in [3.63, 3.8) is 0 Å². The Bertz CT molecular complexity index is 1070. The van der Waals surface area contributed by atoms with Crippen LogP contribution in [0.5, 0.6) is 0 Å². The summed E-state index contributed by atoms with van der Waals surface area (Å²) in [6, 6.07) is 11.7. The lowest BCUT2D eigenvalue weighted by molar-refractivity contribution is -0.111. The largest absolute Gasteiger partial charge is 0.323 e. The maximum atomic E-state index is 11.3. The van der Waals surface area contributed by atoms with Crippen molar-refractivity contribution < 1.29 is 4.79 Å². The molecule has 4 aromatic rings. The van der Waals surface area contributed by atoms with E-state index >= 15 is 0 Å². The molecule has 128 valence electrons. The van der Waals surface area contributed by atoms with Crippen LogP contribution in [0.4, 0.5) is 5.69 Å². The fourth-order valence-corrected chi connectivity index (χ4v) is 3.40. The highest BCUT2D eigenvalue weighted by molar-refractivity contribution is 7.13. The number of nitrogens with one attached hydrogen (secondary N) is 1. The van der Waals surface area contributed by atoms with Gasteiger partial charge < -0.3 is 9.88 Å². The van der Waals surface area contributed by atoms with Gasteiger partial charge in [0.05, 0.1) is 17.7 Å². The molecule has 3 aromatic heterocycles. The summed E-state index contributed by atoms with van der Waals surface area (Å²) in [5.74, 6) is -0.226. The van der Waals surface area contributed by atoms with Crippen molar-refractivity contribution in [2.45, 2.75) is 6.54 Å². The first-order valence-electron chi connectivity index (χ1n) is 7.96. The lowest BCUT2D eigenvalue weighted by atomic mass is 10.2. The Labute approximate surface area is 153 Å². The molecule has 1 amide bonds. The van der Waals surface area contributed by atoms with Gasteiger partial charge in [-0.05, 0) is 35.2 Å². The van der Waals surface area contributed by atoms with Crippen molar-refractivity contribution in [2.75, 3.05) is 5.32 Å². The predicted octanol–water partition coefficient (Wildman–Crippen LogP) is 3.73. The summed E-state index contributed by atoms with van der Waals surface area (Å²) in [5, 5.41) is 4.76. The Morgan fingerprint density at radius 1 is 1.19 bits per heavy atom. The van der Waals surface area contributed by atoms with Crippen molar-refractivity contribution in [1.82, 2.24) is 19.5 Å². The number of carbonyl (C=O) groups is 1. The summed E-state index contributed by atoms with van der Waals surface area (Å²) in [6.07, 6.45) is 4.60. The van der Waals surface area contributed by atoms with Crippen LogP contribution in [0.25, 0.3) is 21.7 Å². The van der Waals surface area contributed by atoms with E-state index < -0.39 is 0 Å². The normalized spacial score (nSPS) is 10.8. The number of aromatic nitrogens is 4. The Morgan fingerprint density at radius 2 is 2.04 bits per heavy atom. The molecule has 26 heavy (non-hydrogen) atoms. The maximum absolute atomic E-state index is 11.3. The summed E-state index contributed by atoms with van der Waals surface area (Å²) >= 11 is 1.63. The van der Waals surface area contributed by atoms with E-state index in [4.69, 9.17) is 0 Å². The van der Waals surface area contributed by atoms with Crippen molar-refractivity contribution in [1.29, 1.82) is 0 Å². The third-order valence-corrected chi connectivity index (χ3v) is 4.79. The number of rotatable bonds is 5. The smallest absolute Gasteiger partial charge is 0.247 e. The molecule has 0 fully saturated rings. The molecule has 0 radical (unpaired) electrons. The molecule has 3 heterocycles. The van der Waals surface area contributed by atoms with E-state index in [0.29, 0.717) is 6.54 Å². The number of hydrogen-bond donors (Lipinski definition) is 1. The van der Waals surface area contributed by atoms with Crippen LogP contribution in [0.1, 0.15) is 5.56 Å². The van der Waals surface area contributed by atoms with E-state index in [1.165, 1.54) is 6.08 Å². The maximum Gasteiger partial charge on any atom is 0.247 e. The number of nitrogens with zero attached hydrogens (tertiary/aromatic N) is 4.